The van der Waals surface area contributed by atoms with E-state index in [0.717, 1.165) is 11.1 Å². The molecule has 0 aromatic heterocycles. The first-order chi connectivity index (χ1) is 8.10. The number of esters is 1. The number of rotatable bonds is 2. The van der Waals surface area contributed by atoms with Crippen LogP contribution in [0.3, 0.4) is 0 Å². The van der Waals surface area contributed by atoms with Gasteiger partial charge in [0.1, 0.15) is 11.9 Å². The predicted molar refractivity (Wildman–Crippen MR) is 62.6 cm³/mol. The molecule has 4 heteroatoms. The van der Waals surface area contributed by atoms with Gasteiger partial charge < -0.3 is 14.6 Å². The first-order valence-corrected chi connectivity index (χ1v) is 5.25. The van der Waals surface area contributed by atoms with Crippen molar-refractivity contribution in [1.29, 1.82) is 0 Å². The Balaban J connectivity index is 2.51. The molecule has 1 aliphatic carbocycles. The molecule has 1 atom stereocenters. The molecule has 0 fully saturated rings. The van der Waals surface area contributed by atoms with Gasteiger partial charge in [0.25, 0.3) is 0 Å². The molecule has 2 rings (SSSR count). The number of carbonyl (C=O) groups is 1. The van der Waals surface area contributed by atoms with Crippen molar-refractivity contribution in [3.05, 3.63) is 34.9 Å². The van der Waals surface area contributed by atoms with Crippen LogP contribution in [0.5, 0.6) is 5.75 Å². The molecule has 17 heavy (non-hydrogen) atoms. The number of aliphatic hydroxyl groups excluding tert-OH is 1. The standard InChI is InChI=1S/C13H14O4/c1-7-9-5-4-8(16-2)6-10(9)12(14)11(7)13(15)17-3/h4-6,12,14H,1-3H3. The van der Waals surface area contributed by atoms with Crippen molar-refractivity contribution in [1.82, 2.24) is 0 Å². The Morgan fingerprint density at radius 1 is 1.35 bits per heavy atom. The zero-order valence-corrected chi connectivity index (χ0v) is 9.98. The molecule has 0 saturated carbocycles. The summed E-state index contributed by atoms with van der Waals surface area (Å²) in [6, 6.07) is 5.37. The van der Waals surface area contributed by atoms with Crippen LogP contribution in [0.1, 0.15) is 24.2 Å². The summed E-state index contributed by atoms with van der Waals surface area (Å²) < 4.78 is 9.77. The Morgan fingerprint density at radius 2 is 2.06 bits per heavy atom. The lowest BCUT2D eigenvalue weighted by Crippen LogP contribution is -2.10. The number of hydrogen-bond acceptors (Lipinski definition) is 4. The maximum atomic E-state index is 11.6. The lowest BCUT2D eigenvalue weighted by atomic mass is 10.1. The zero-order valence-electron chi connectivity index (χ0n) is 9.98. The van der Waals surface area contributed by atoms with E-state index in [9.17, 15) is 9.90 Å². The van der Waals surface area contributed by atoms with Crippen molar-refractivity contribution in [2.75, 3.05) is 14.2 Å². The van der Waals surface area contributed by atoms with Gasteiger partial charge in [-0.15, -0.1) is 0 Å². The highest BCUT2D eigenvalue weighted by molar-refractivity contribution is 6.01. The molecule has 90 valence electrons. The van der Waals surface area contributed by atoms with Crippen LogP contribution in [-0.2, 0) is 9.53 Å². The summed E-state index contributed by atoms with van der Waals surface area (Å²) in [5.41, 5.74) is 2.60. The van der Waals surface area contributed by atoms with E-state index in [-0.39, 0.29) is 0 Å². The Kier molecular flexibility index (Phi) is 2.90. The van der Waals surface area contributed by atoms with E-state index < -0.39 is 12.1 Å². The van der Waals surface area contributed by atoms with Gasteiger partial charge in [0.2, 0.25) is 0 Å². The average Bonchev–Trinajstić information content (AvgIpc) is 2.60. The number of aliphatic hydroxyl groups is 1. The maximum absolute atomic E-state index is 11.6. The van der Waals surface area contributed by atoms with Gasteiger partial charge in [-0.1, -0.05) is 6.07 Å². The number of methoxy groups -OCH3 is 2. The van der Waals surface area contributed by atoms with Crippen molar-refractivity contribution in [2.45, 2.75) is 13.0 Å². The SMILES string of the molecule is COC(=O)C1=C(C)c2ccc(OC)cc2C1O. The van der Waals surface area contributed by atoms with Crippen molar-refractivity contribution < 1.29 is 19.4 Å². The summed E-state index contributed by atoms with van der Waals surface area (Å²) in [6.07, 6.45) is -0.937. The van der Waals surface area contributed by atoms with Crippen molar-refractivity contribution in [3.63, 3.8) is 0 Å². The summed E-state index contributed by atoms with van der Waals surface area (Å²) in [7, 11) is 2.86. The van der Waals surface area contributed by atoms with Crippen molar-refractivity contribution in [3.8, 4) is 5.75 Å². The molecule has 1 N–H and O–H groups in total. The highest BCUT2D eigenvalue weighted by atomic mass is 16.5. The maximum Gasteiger partial charge on any atom is 0.337 e. The monoisotopic (exact) mass is 234 g/mol. The van der Waals surface area contributed by atoms with Crippen LogP contribution in [0, 0.1) is 0 Å². The van der Waals surface area contributed by atoms with Gasteiger partial charge in [0.05, 0.1) is 19.8 Å². The topological polar surface area (TPSA) is 55.8 Å². The highest BCUT2D eigenvalue weighted by Crippen LogP contribution is 2.41. The Morgan fingerprint density at radius 3 is 2.65 bits per heavy atom. The Hall–Kier alpha value is -1.81. The van der Waals surface area contributed by atoms with E-state index in [1.165, 1.54) is 7.11 Å². The molecule has 0 amide bonds. The minimum absolute atomic E-state index is 0.302. The molecule has 4 nitrogen and oxygen atoms in total. The Bertz CT molecular complexity index is 502. The van der Waals surface area contributed by atoms with E-state index in [1.54, 1.807) is 26.2 Å². The normalized spacial score (nSPS) is 18.0. The number of allylic oxidation sites excluding steroid dienone is 1. The van der Waals surface area contributed by atoms with Crippen LogP contribution in [-0.4, -0.2) is 25.3 Å². The first-order valence-electron chi connectivity index (χ1n) is 5.25. The van der Waals surface area contributed by atoms with Crippen LogP contribution in [0.2, 0.25) is 0 Å². The minimum Gasteiger partial charge on any atom is -0.497 e. The van der Waals surface area contributed by atoms with E-state index in [2.05, 4.69) is 4.74 Å². The number of hydrogen-bond donors (Lipinski definition) is 1. The number of carbonyl (C=O) groups excluding carboxylic acids is 1. The summed E-state index contributed by atoms with van der Waals surface area (Å²) >= 11 is 0. The molecular formula is C13H14O4. The Labute approximate surface area is 99.5 Å². The molecule has 0 spiro atoms. The van der Waals surface area contributed by atoms with Crippen LogP contribution in [0.25, 0.3) is 5.57 Å². The molecule has 1 unspecified atom stereocenters. The molecule has 0 radical (unpaired) electrons. The lowest BCUT2D eigenvalue weighted by Gasteiger charge is -2.09. The fourth-order valence-corrected chi connectivity index (χ4v) is 2.12. The minimum atomic E-state index is -0.937. The van der Waals surface area contributed by atoms with Crippen molar-refractivity contribution >= 4 is 11.5 Å². The summed E-state index contributed by atoms with van der Waals surface area (Å²) in [6.45, 7) is 1.80. The van der Waals surface area contributed by atoms with Gasteiger partial charge >= 0.3 is 5.97 Å². The molecule has 1 aromatic rings. The third kappa shape index (κ3) is 1.70. The van der Waals surface area contributed by atoms with E-state index in [4.69, 9.17) is 4.74 Å². The second kappa shape index (κ2) is 4.22. The van der Waals surface area contributed by atoms with Gasteiger partial charge in [0, 0.05) is 0 Å². The molecular weight excluding hydrogens is 220 g/mol. The fourth-order valence-electron chi connectivity index (χ4n) is 2.12. The fraction of sp³-hybridized carbons (Fsp3) is 0.308. The summed E-state index contributed by atoms with van der Waals surface area (Å²) in [4.78, 5) is 11.6. The number of benzene rings is 1. The zero-order chi connectivity index (χ0) is 12.6. The highest BCUT2D eigenvalue weighted by Gasteiger charge is 2.32. The molecule has 0 bridgehead atoms. The number of fused-ring (bicyclic) bond motifs is 1. The van der Waals surface area contributed by atoms with Gasteiger partial charge in [-0.25, -0.2) is 4.79 Å². The number of ether oxygens (including phenoxy) is 2. The third-order valence-corrected chi connectivity index (χ3v) is 3.04. The molecule has 1 aromatic carbocycles. The predicted octanol–water partition coefficient (Wildman–Crippen LogP) is 1.69. The molecule has 0 heterocycles. The third-order valence-electron chi connectivity index (χ3n) is 3.04. The van der Waals surface area contributed by atoms with Crippen LogP contribution in [0.15, 0.2) is 23.8 Å². The van der Waals surface area contributed by atoms with Crippen LogP contribution >= 0.6 is 0 Å². The molecule has 0 aliphatic heterocycles. The summed E-state index contributed by atoms with van der Waals surface area (Å²) in [5.74, 6) is 0.159. The molecule has 0 saturated heterocycles. The smallest absolute Gasteiger partial charge is 0.337 e. The molecule has 1 aliphatic rings. The first kappa shape index (κ1) is 11.7. The van der Waals surface area contributed by atoms with E-state index in [0.29, 0.717) is 16.9 Å². The second-order valence-corrected chi connectivity index (χ2v) is 3.89. The van der Waals surface area contributed by atoms with Crippen LogP contribution < -0.4 is 4.74 Å². The van der Waals surface area contributed by atoms with Gasteiger partial charge in [-0.2, -0.15) is 0 Å². The van der Waals surface area contributed by atoms with Crippen LogP contribution in [0.4, 0.5) is 0 Å². The van der Waals surface area contributed by atoms with Gasteiger partial charge in [-0.05, 0) is 35.8 Å². The van der Waals surface area contributed by atoms with Gasteiger partial charge in [-0.3, -0.25) is 0 Å². The lowest BCUT2D eigenvalue weighted by molar-refractivity contribution is -0.137. The largest absolute Gasteiger partial charge is 0.497 e. The quantitative estimate of drug-likeness (QED) is 0.791. The van der Waals surface area contributed by atoms with Gasteiger partial charge in [0.15, 0.2) is 0 Å². The van der Waals surface area contributed by atoms with Crippen molar-refractivity contribution in [2.24, 2.45) is 0 Å². The average molecular weight is 234 g/mol. The second-order valence-electron chi connectivity index (χ2n) is 3.89. The summed E-state index contributed by atoms with van der Waals surface area (Å²) in [5, 5.41) is 10.1. The van der Waals surface area contributed by atoms with E-state index in [1.807, 2.05) is 6.07 Å². The van der Waals surface area contributed by atoms with E-state index >= 15 is 0 Å².